The van der Waals surface area contributed by atoms with E-state index in [4.69, 9.17) is 11.6 Å². The van der Waals surface area contributed by atoms with E-state index in [1.54, 1.807) is 0 Å². The van der Waals surface area contributed by atoms with Crippen molar-refractivity contribution in [2.75, 3.05) is 7.11 Å². The lowest BCUT2D eigenvalue weighted by Gasteiger charge is -2.23. The van der Waals surface area contributed by atoms with Crippen LogP contribution in [0, 0.1) is 5.92 Å². The van der Waals surface area contributed by atoms with Gasteiger partial charge in [-0.2, -0.15) is 4.31 Å². The number of fused-ring (bicyclic) bond motifs is 2. The molecule has 1 N–H and O–H groups in total. The quantitative estimate of drug-likeness (QED) is 0.807. The third kappa shape index (κ3) is 2.58. The van der Waals surface area contributed by atoms with Gasteiger partial charge in [0.1, 0.15) is 4.90 Å². The molecule has 2 bridgehead atoms. The third-order valence-corrected chi connectivity index (χ3v) is 7.16. The molecular weight excluding hydrogens is 358 g/mol. The Hall–Kier alpha value is -1.64. The van der Waals surface area contributed by atoms with Crippen molar-refractivity contribution >= 4 is 33.6 Å². The average molecular weight is 374 g/mol. The lowest BCUT2D eigenvalue weighted by Crippen LogP contribution is -2.38. The molecule has 0 amide bonds. The summed E-state index contributed by atoms with van der Waals surface area (Å²) in [5.41, 5.74) is 0.147. The van der Waals surface area contributed by atoms with E-state index in [2.05, 4.69) is 4.74 Å². The number of esters is 1. The fraction of sp³-hybridized carbons (Fsp3) is 0.467. The van der Waals surface area contributed by atoms with Gasteiger partial charge in [0.05, 0.1) is 23.6 Å². The third-order valence-electron chi connectivity index (χ3n) is 4.70. The predicted molar refractivity (Wildman–Crippen MR) is 84.4 cm³/mol. The number of aliphatic carboxylic acids is 1. The fourth-order valence-corrected chi connectivity index (χ4v) is 6.09. The largest absolute Gasteiger partial charge is 0.481 e. The van der Waals surface area contributed by atoms with Gasteiger partial charge < -0.3 is 9.84 Å². The number of rotatable bonds is 4. The van der Waals surface area contributed by atoms with Gasteiger partial charge in [0.15, 0.2) is 0 Å². The van der Waals surface area contributed by atoms with E-state index in [1.807, 2.05) is 0 Å². The monoisotopic (exact) mass is 373 g/mol. The maximum atomic E-state index is 13.0. The molecule has 130 valence electrons. The van der Waals surface area contributed by atoms with E-state index in [0.29, 0.717) is 19.3 Å². The molecule has 1 aromatic carbocycles. The van der Waals surface area contributed by atoms with Crippen molar-refractivity contribution in [3.8, 4) is 0 Å². The number of benzene rings is 1. The van der Waals surface area contributed by atoms with Gasteiger partial charge in [-0.3, -0.25) is 4.79 Å². The number of hydrogen-bond acceptors (Lipinski definition) is 5. The molecule has 2 aliphatic heterocycles. The second kappa shape index (κ2) is 6.02. The van der Waals surface area contributed by atoms with Crippen LogP contribution in [0.4, 0.5) is 0 Å². The number of carboxylic acid groups (broad SMARTS) is 1. The number of halogens is 1. The van der Waals surface area contributed by atoms with Crippen molar-refractivity contribution in [2.45, 2.75) is 36.2 Å². The first-order valence-corrected chi connectivity index (χ1v) is 9.23. The van der Waals surface area contributed by atoms with Crippen LogP contribution in [0.15, 0.2) is 23.1 Å². The molecule has 3 unspecified atom stereocenters. The van der Waals surface area contributed by atoms with E-state index in [-0.39, 0.29) is 21.5 Å². The van der Waals surface area contributed by atoms with Crippen LogP contribution in [0.2, 0.25) is 5.02 Å². The van der Waals surface area contributed by atoms with E-state index in [9.17, 15) is 23.1 Å². The number of methoxy groups -OCH3 is 1. The molecule has 0 radical (unpaired) electrons. The van der Waals surface area contributed by atoms with Crippen LogP contribution in [0.1, 0.15) is 29.6 Å². The minimum absolute atomic E-state index is 0.0870. The van der Waals surface area contributed by atoms with Crippen LogP contribution in [-0.4, -0.2) is 49.0 Å². The molecule has 0 aromatic heterocycles. The van der Waals surface area contributed by atoms with Crippen molar-refractivity contribution in [3.63, 3.8) is 0 Å². The summed E-state index contributed by atoms with van der Waals surface area (Å²) in [5, 5.41) is 9.18. The molecule has 0 aliphatic carbocycles. The van der Waals surface area contributed by atoms with E-state index < -0.39 is 33.9 Å². The molecule has 3 rings (SSSR count). The number of nitrogens with zero attached hydrogens (tertiary/aromatic N) is 1. The van der Waals surface area contributed by atoms with Gasteiger partial charge in [-0.05, 0) is 37.5 Å². The van der Waals surface area contributed by atoms with Gasteiger partial charge in [-0.1, -0.05) is 11.6 Å². The van der Waals surface area contributed by atoms with Crippen LogP contribution < -0.4 is 0 Å². The van der Waals surface area contributed by atoms with Crippen molar-refractivity contribution in [2.24, 2.45) is 5.92 Å². The van der Waals surface area contributed by atoms with Crippen molar-refractivity contribution in [1.82, 2.24) is 4.31 Å². The smallest absolute Gasteiger partial charge is 0.337 e. The maximum Gasteiger partial charge on any atom is 0.337 e. The van der Waals surface area contributed by atoms with Gasteiger partial charge in [0.25, 0.3) is 0 Å². The molecule has 2 heterocycles. The fourth-order valence-electron chi connectivity index (χ4n) is 3.65. The number of carboxylic acids is 1. The summed E-state index contributed by atoms with van der Waals surface area (Å²) in [7, 11) is -2.72. The Labute approximate surface area is 144 Å². The second-order valence-electron chi connectivity index (χ2n) is 5.95. The van der Waals surface area contributed by atoms with Crippen LogP contribution in [0.5, 0.6) is 0 Å². The normalized spacial score (nSPS) is 26.5. The standard InChI is InChI=1S/C15H16ClNO6S/c1-23-15(20)8-2-5-13(11(16)6-8)24(21,22)17-9-3-4-12(17)10(7-9)14(18)19/h2,5-6,9-10,12H,3-4,7H2,1H3,(H,18,19). The van der Waals surface area contributed by atoms with E-state index >= 15 is 0 Å². The average Bonchev–Trinajstić information content (AvgIpc) is 3.12. The molecule has 1 aromatic rings. The van der Waals surface area contributed by atoms with Gasteiger partial charge in [-0.25, -0.2) is 13.2 Å². The Morgan fingerprint density at radius 2 is 2.04 bits per heavy atom. The van der Waals surface area contributed by atoms with E-state index in [0.717, 1.165) is 0 Å². The van der Waals surface area contributed by atoms with Gasteiger partial charge in [-0.15, -0.1) is 0 Å². The van der Waals surface area contributed by atoms with Crippen molar-refractivity contribution < 1.29 is 27.9 Å². The summed E-state index contributed by atoms with van der Waals surface area (Å²) < 4.78 is 31.8. The topological polar surface area (TPSA) is 101 Å². The highest BCUT2D eigenvalue weighted by Gasteiger charge is 2.54. The maximum absolute atomic E-state index is 13.0. The minimum atomic E-state index is -3.93. The summed E-state index contributed by atoms with van der Waals surface area (Å²) >= 11 is 6.08. The first-order valence-electron chi connectivity index (χ1n) is 7.41. The van der Waals surface area contributed by atoms with Gasteiger partial charge in [0, 0.05) is 12.1 Å². The lowest BCUT2D eigenvalue weighted by atomic mass is 9.89. The molecule has 2 fully saturated rings. The van der Waals surface area contributed by atoms with Crippen LogP contribution >= 0.6 is 11.6 Å². The number of hydrogen-bond donors (Lipinski definition) is 1. The predicted octanol–water partition coefficient (Wildman–Crippen LogP) is 1.75. The zero-order valence-electron chi connectivity index (χ0n) is 12.8. The van der Waals surface area contributed by atoms with Gasteiger partial charge in [0.2, 0.25) is 10.0 Å². The lowest BCUT2D eigenvalue weighted by molar-refractivity contribution is -0.142. The summed E-state index contributed by atoms with van der Waals surface area (Å²) in [6.07, 6.45) is 1.49. The Morgan fingerprint density at radius 1 is 1.33 bits per heavy atom. The molecule has 2 aliphatic rings. The molecule has 24 heavy (non-hydrogen) atoms. The zero-order chi connectivity index (χ0) is 17.6. The molecule has 0 saturated carbocycles. The van der Waals surface area contributed by atoms with Crippen LogP contribution in [-0.2, 0) is 19.6 Å². The second-order valence-corrected chi connectivity index (χ2v) is 8.17. The Morgan fingerprint density at radius 3 is 2.58 bits per heavy atom. The summed E-state index contributed by atoms with van der Waals surface area (Å²) in [4.78, 5) is 22.7. The molecule has 0 spiro atoms. The minimum Gasteiger partial charge on any atom is -0.481 e. The van der Waals surface area contributed by atoms with Crippen LogP contribution in [0.25, 0.3) is 0 Å². The van der Waals surface area contributed by atoms with Crippen molar-refractivity contribution in [3.05, 3.63) is 28.8 Å². The highest BCUT2D eigenvalue weighted by molar-refractivity contribution is 7.89. The van der Waals surface area contributed by atoms with Gasteiger partial charge >= 0.3 is 11.9 Å². The summed E-state index contributed by atoms with van der Waals surface area (Å²) in [5.74, 6) is -2.28. The first-order chi connectivity index (χ1) is 11.3. The zero-order valence-corrected chi connectivity index (χ0v) is 14.4. The first kappa shape index (κ1) is 17.2. The molecule has 2 saturated heterocycles. The molecule has 7 nitrogen and oxygen atoms in total. The summed E-state index contributed by atoms with van der Waals surface area (Å²) in [6.45, 7) is 0. The number of ether oxygens (including phenoxy) is 1. The van der Waals surface area contributed by atoms with Crippen molar-refractivity contribution in [1.29, 1.82) is 0 Å². The van der Waals surface area contributed by atoms with E-state index in [1.165, 1.54) is 29.6 Å². The number of carbonyl (C=O) groups is 2. The molecular formula is C15H16ClNO6S. The Balaban J connectivity index is 1.97. The molecule has 3 atom stereocenters. The summed E-state index contributed by atoms with van der Waals surface area (Å²) in [6, 6.07) is 2.97. The number of sulfonamides is 1. The molecule has 9 heteroatoms. The van der Waals surface area contributed by atoms with Crippen LogP contribution in [0.3, 0.4) is 0 Å². The SMILES string of the molecule is COC(=O)c1ccc(S(=O)(=O)N2C3CCC2C(C(=O)O)C3)c(Cl)c1. The highest BCUT2D eigenvalue weighted by Crippen LogP contribution is 2.45. The Bertz CT molecular complexity index is 808. The Kier molecular flexibility index (Phi) is 4.31. The highest BCUT2D eigenvalue weighted by atomic mass is 35.5. The number of carbonyl (C=O) groups excluding carboxylic acids is 1.